The lowest BCUT2D eigenvalue weighted by molar-refractivity contribution is 0.305. The van der Waals surface area contributed by atoms with Crippen molar-refractivity contribution in [2.45, 2.75) is 20.5 Å². The van der Waals surface area contributed by atoms with Gasteiger partial charge in [-0.15, -0.1) is 6.42 Å². The van der Waals surface area contributed by atoms with Crippen molar-refractivity contribution in [1.82, 2.24) is 0 Å². The Morgan fingerprint density at radius 1 is 1.11 bits per heavy atom. The maximum absolute atomic E-state index is 5.77. The van der Waals surface area contributed by atoms with E-state index in [0.717, 1.165) is 11.3 Å². The first kappa shape index (κ1) is 12.3. The molecule has 0 aromatic heterocycles. The van der Waals surface area contributed by atoms with Gasteiger partial charge in [-0.1, -0.05) is 35.7 Å². The second kappa shape index (κ2) is 5.42. The monoisotopic (exact) mass is 236 g/mol. The van der Waals surface area contributed by atoms with Gasteiger partial charge in [-0.2, -0.15) is 0 Å². The van der Waals surface area contributed by atoms with Crippen LogP contribution in [0.2, 0.25) is 0 Å². The van der Waals surface area contributed by atoms with Gasteiger partial charge in [-0.3, -0.25) is 0 Å². The highest BCUT2D eigenvalue weighted by molar-refractivity contribution is 5.38. The molecule has 0 aliphatic rings. The molecule has 1 heteroatoms. The number of hydrogen-bond donors (Lipinski definition) is 0. The summed E-state index contributed by atoms with van der Waals surface area (Å²) in [4.78, 5) is 0. The Hall–Kier alpha value is -2.20. The molecular weight excluding hydrogens is 220 g/mol. The van der Waals surface area contributed by atoms with Crippen molar-refractivity contribution in [3.63, 3.8) is 0 Å². The first-order valence-electron chi connectivity index (χ1n) is 5.94. The Bertz CT molecular complexity index is 591. The molecule has 0 saturated heterocycles. The molecule has 2 aromatic carbocycles. The fourth-order valence-corrected chi connectivity index (χ4v) is 1.79. The molecule has 0 aliphatic carbocycles. The highest BCUT2D eigenvalue weighted by atomic mass is 16.5. The topological polar surface area (TPSA) is 9.23 Å². The SMILES string of the molecule is C#Cc1cccc(OCc2cc(C)ccc2C)c1. The zero-order valence-corrected chi connectivity index (χ0v) is 10.7. The van der Waals surface area contributed by atoms with Crippen LogP contribution in [-0.2, 0) is 6.61 Å². The second-order valence-corrected chi connectivity index (χ2v) is 4.39. The van der Waals surface area contributed by atoms with Crippen molar-refractivity contribution in [3.8, 4) is 18.1 Å². The van der Waals surface area contributed by atoms with E-state index < -0.39 is 0 Å². The van der Waals surface area contributed by atoms with E-state index >= 15 is 0 Å². The molecule has 18 heavy (non-hydrogen) atoms. The summed E-state index contributed by atoms with van der Waals surface area (Å²) in [5.41, 5.74) is 4.54. The van der Waals surface area contributed by atoms with Crippen molar-refractivity contribution in [2.24, 2.45) is 0 Å². The van der Waals surface area contributed by atoms with Crippen LogP contribution >= 0.6 is 0 Å². The van der Waals surface area contributed by atoms with Gasteiger partial charge in [0.05, 0.1) is 0 Å². The third-order valence-electron chi connectivity index (χ3n) is 2.90. The first-order chi connectivity index (χ1) is 8.69. The molecule has 0 spiro atoms. The molecule has 0 atom stereocenters. The van der Waals surface area contributed by atoms with Crippen LogP contribution in [0.3, 0.4) is 0 Å². The highest BCUT2D eigenvalue weighted by Crippen LogP contribution is 2.17. The van der Waals surface area contributed by atoms with Crippen molar-refractivity contribution in [2.75, 3.05) is 0 Å². The summed E-state index contributed by atoms with van der Waals surface area (Å²) in [6.45, 7) is 4.75. The van der Waals surface area contributed by atoms with E-state index in [-0.39, 0.29) is 0 Å². The zero-order chi connectivity index (χ0) is 13.0. The van der Waals surface area contributed by atoms with E-state index in [1.54, 1.807) is 0 Å². The molecule has 0 radical (unpaired) electrons. The molecule has 0 saturated carbocycles. The zero-order valence-electron chi connectivity index (χ0n) is 10.7. The largest absolute Gasteiger partial charge is 0.489 e. The Balaban J connectivity index is 2.11. The van der Waals surface area contributed by atoms with E-state index in [4.69, 9.17) is 11.2 Å². The van der Waals surface area contributed by atoms with Crippen LogP contribution in [0, 0.1) is 26.2 Å². The summed E-state index contributed by atoms with van der Waals surface area (Å²) in [6.07, 6.45) is 5.36. The molecule has 2 aromatic rings. The molecule has 0 fully saturated rings. The predicted molar refractivity (Wildman–Crippen MR) is 74.6 cm³/mol. The predicted octanol–water partition coefficient (Wildman–Crippen LogP) is 3.86. The van der Waals surface area contributed by atoms with Crippen LogP contribution in [0.5, 0.6) is 5.75 Å². The van der Waals surface area contributed by atoms with E-state index in [0.29, 0.717) is 6.61 Å². The van der Waals surface area contributed by atoms with Crippen LogP contribution in [0.1, 0.15) is 22.3 Å². The molecule has 0 unspecified atom stereocenters. The summed E-state index contributed by atoms with van der Waals surface area (Å²) in [5.74, 6) is 3.42. The van der Waals surface area contributed by atoms with Crippen LogP contribution in [-0.4, -0.2) is 0 Å². The van der Waals surface area contributed by atoms with Gasteiger partial charge in [0.1, 0.15) is 12.4 Å². The van der Waals surface area contributed by atoms with Crippen LogP contribution < -0.4 is 4.74 Å². The molecule has 0 amide bonds. The Morgan fingerprint density at radius 2 is 1.94 bits per heavy atom. The van der Waals surface area contributed by atoms with E-state index in [1.807, 2.05) is 24.3 Å². The third-order valence-corrected chi connectivity index (χ3v) is 2.90. The number of aryl methyl sites for hydroxylation is 2. The molecule has 1 nitrogen and oxygen atoms in total. The van der Waals surface area contributed by atoms with Gasteiger partial charge in [0.25, 0.3) is 0 Å². The van der Waals surface area contributed by atoms with Crippen LogP contribution in [0.25, 0.3) is 0 Å². The molecule has 0 N–H and O–H groups in total. The fourth-order valence-electron chi connectivity index (χ4n) is 1.79. The van der Waals surface area contributed by atoms with Gasteiger partial charge in [0.15, 0.2) is 0 Å². The van der Waals surface area contributed by atoms with Crippen LogP contribution in [0.15, 0.2) is 42.5 Å². The summed E-state index contributed by atoms with van der Waals surface area (Å²) in [5, 5.41) is 0. The van der Waals surface area contributed by atoms with Gasteiger partial charge in [0, 0.05) is 5.56 Å². The summed E-state index contributed by atoms with van der Waals surface area (Å²) in [6, 6.07) is 14.0. The number of hydrogen-bond acceptors (Lipinski definition) is 1. The van der Waals surface area contributed by atoms with Crippen molar-refractivity contribution < 1.29 is 4.74 Å². The molecular formula is C17H16O. The van der Waals surface area contributed by atoms with Gasteiger partial charge in [0.2, 0.25) is 0 Å². The van der Waals surface area contributed by atoms with E-state index in [2.05, 4.69) is 38.0 Å². The van der Waals surface area contributed by atoms with Gasteiger partial charge in [-0.25, -0.2) is 0 Å². The summed E-state index contributed by atoms with van der Waals surface area (Å²) in [7, 11) is 0. The van der Waals surface area contributed by atoms with Crippen molar-refractivity contribution in [3.05, 3.63) is 64.7 Å². The quantitative estimate of drug-likeness (QED) is 0.735. The molecule has 0 aliphatic heterocycles. The van der Waals surface area contributed by atoms with Gasteiger partial charge >= 0.3 is 0 Å². The van der Waals surface area contributed by atoms with Gasteiger partial charge in [-0.05, 0) is 43.2 Å². The van der Waals surface area contributed by atoms with Crippen LogP contribution in [0.4, 0.5) is 0 Å². The fraction of sp³-hybridized carbons (Fsp3) is 0.176. The average molecular weight is 236 g/mol. The summed E-state index contributed by atoms with van der Waals surface area (Å²) >= 11 is 0. The lowest BCUT2D eigenvalue weighted by atomic mass is 10.1. The van der Waals surface area contributed by atoms with E-state index in [1.165, 1.54) is 16.7 Å². The number of ether oxygens (including phenoxy) is 1. The Kier molecular flexibility index (Phi) is 3.69. The lowest BCUT2D eigenvalue weighted by Gasteiger charge is -2.09. The Labute approximate surface area is 108 Å². The average Bonchev–Trinajstić information content (AvgIpc) is 2.40. The normalized spacial score (nSPS) is 9.83. The molecule has 2 rings (SSSR count). The lowest BCUT2D eigenvalue weighted by Crippen LogP contribution is -1.98. The standard InChI is InChI=1S/C17H16O/c1-4-15-6-5-7-17(11-15)18-12-16-10-13(2)8-9-14(16)3/h1,5-11H,12H2,2-3H3. The minimum absolute atomic E-state index is 0.571. The number of rotatable bonds is 3. The number of terminal acetylenes is 1. The molecule has 0 heterocycles. The third kappa shape index (κ3) is 2.93. The second-order valence-electron chi connectivity index (χ2n) is 4.39. The maximum Gasteiger partial charge on any atom is 0.121 e. The summed E-state index contributed by atoms with van der Waals surface area (Å²) < 4.78 is 5.77. The van der Waals surface area contributed by atoms with E-state index in [9.17, 15) is 0 Å². The smallest absolute Gasteiger partial charge is 0.121 e. The minimum atomic E-state index is 0.571. The Morgan fingerprint density at radius 3 is 2.72 bits per heavy atom. The highest BCUT2D eigenvalue weighted by Gasteiger charge is 2.01. The minimum Gasteiger partial charge on any atom is -0.489 e. The van der Waals surface area contributed by atoms with Crippen molar-refractivity contribution >= 4 is 0 Å². The molecule has 0 bridgehead atoms. The molecule has 90 valence electrons. The maximum atomic E-state index is 5.77. The van der Waals surface area contributed by atoms with Crippen molar-refractivity contribution in [1.29, 1.82) is 0 Å². The van der Waals surface area contributed by atoms with Gasteiger partial charge < -0.3 is 4.74 Å². The number of benzene rings is 2. The first-order valence-corrected chi connectivity index (χ1v) is 5.94.